The fraction of sp³-hybridized carbons (Fsp3) is 0.667. The Kier molecular flexibility index (Phi) is 16.8. The molecule has 0 aliphatic carbocycles. The Morgan fingerprint density at radius 1 is 0.822 bits per heavy atom. The lowest BCUT2D eigenvalue weighted by Gasteiger charge is -2.34. The Hall–Kier alpha value is -2.62. The van der Waals surface area contributed by atoms with Gasteiger partial charge in [0.2, 0.25) is 0 Å². The summed E-state index contributed by atoms with van der Waals surface area (Å²) >= 11 is 0. The van der Waals surface area contributed by atoms with E-state index in [2.05, 4.69) is 24.0 Å². The Bertz CT molecular complexity index is 1130. The zero-order chi connectivity index (χ0) is 32.3. The second-order valence-electron chi connectivity index (χ2n) is 13.2. The number of piperidine rings is 1. The van der Waals surface area contributed by atoms with Crippen LogP contribution < -0.4 is 9.47 Å². The fourth-order valence-corrected chi connectivity index (χ4v) is 7.00. The summed E-state index contributed by atoms with van der Waals surface area (Å²) < 4.78 is 24.3. The number of aliphatic hydroxyl groups excluding tert-OH is 1. The highest BCUT2D eigenvalue weighted by Gasteiger charge is 2.32. The van der Waals surface area contributed by atoms with E-state index in [0.717, 1.165) is 88.5 Å². The average molecular weight is 623 g/mol. The maximum Gasteiger partial charge on any atom is 0.161 e. The van der Waals surface area contributed by atoms with E-state index in [4.69, 9.17) is 9.47 Å². The van der Waals surface area contributed by atoms with Gasteiger partial charge in [0, 0.05) is 0 Å². The largest absolute Gasteiger partial charge is 0.493 e. The molecular weight excluding hydrogens is 563 g/mol. The minimum absolute atomic E-state index is 0.230. The standard InChI is InChI=1S/C39H59FN2O3/c1-4-5-6-7-8-9-10-11-14-25-39(31-41,34-19-22-36(44-2)37(30-34)45-3)26-15-12-13-16-27-42-28-23-33(24-29-42)38(43)32-17-20-35(40)21-18-32/h17-22,30,33,38,43H,4-16,23-29H2,1-3H3. The number of nitriles is 1. The van der Waals surface area contributed by atoms with Crippen molar-refractivity contribution in [3.63, 3.8) is 0 Å². The lowest BCUT2D eigenvalue weighted by atomic mass is 9.73. The van der Waals surface area contributed by atoms with E-state index in [0.29, 0.717) is 11.5 Å². The summed E-state index contributed by atoms with van der Waals surface area (Å²) in [5.74, 6) is 1.35. The van der Waals surface area contributed by atoms with Gasteiger partial charge >= 0.3 is 0 Å². The summed E-state index contributed by atoms with van der Waals surface area (Å²) in [6.07, 6.45) is 19.1. The Labute approximate surface area is 273 Å². The minimum atomic E-state index is -0.519. The summed E-state index contributed by atoms with van der Waals surface area (Å²) in [4.78, 5) is 2.51. The summed E-state index contributed by atoms with van der Waals surface area (Å²) in [6, 6.07) is 15.1. The first kappa shape index (κ1) is 36.8. The quantitative estimate of drug-likeness (QED) is 0.132. The number of methoxy groups -OCH3 is 2. The molecule has 1 fully saturated rings. The number of hydrogen-bond donors (Lipinski definition) is 1. The molecule has 1 N–H and O–H groups in total. The van der Waals surface area contributed by atoms with Gasteiger partial charge in [-0.05, 0) is 93.0 Å². The van der Waals surface area contributed by atoms with Crippen LogP contribution >= 0.6 is 0 Å². The van der Waals surface area contributed by atoms with Crippen LogP contribution in [0.2, 0.25) is 0 Å². The maximum absolute atomic E-state index is 13.3. The first-order chi connectivity index (χ1) is 22.0. The Morgan fingerprint density at radius 3 is 1.93 bits per heavy atom. The third-order valence-corrected chi connectivity index (χ3v) is 9.98. The molecule has 0 aromatic heterocycles. The second kappa shape index (κ2) is 20.5. The van der Waals surface area contributed by atoms with Gasteiger partial charge < -0.3 is 19.5 Å². The number of likely N-dealkylation sites (tertiary alicyclic amines) is 1. The van der Waals surface area contributed by atoms with E-state index in [1.165, 1.54) is 63.5 Å². The van der Waals surface area contributed by atoms with Crippen molar-refractivity contribution in [3.05, 3.63) is 59.4 Å². The van der Waals surface area contributed by atoms with Crippen molar-refractivity contribution in [2.75, 3.05) is 33.9 Å². The van der Waals surface area contributed by atoms with E-state index in [1.54, 1.807) is 26.4 Å². The van der Waals surface area contributed by atoms with Crippen LogP contribution in [0, 0.1) is 23.1 Å². The lowest BCUT2D eigenvalue weighted by Crippen LogP contribution is -2.36. The third kappa shape index (κ3) is 11.9. The molecule has 1 aliphatic heterocycles. The van der Waals surface area contributed by atoms with Crippen molar-refractivity contribution in [2.24, 2.45) is 5.92 Å². The number of benzene rings is 2. The van der Waals surface area contributed by atoms with Crippen molar-refractivity contribution in [1.82, 2.24) is 4.90 Å². The first-order valence-corrected chi connectivity index (χ1v) is 17.8. The molecule has 2 aromatic carbocycles. The van der Waals surface area contributed by atoms with Crippen molar-refractivity contribution in [1.29, 1.82) is 5.26 Å². The highest BCUT2D eigenvalue weighted by atomic mass is 19.1. The molecule has 0 bridgehead atoms. The van der Waals surface area contributed by atoms with Gasteiger partial charge in [-0.15, -0.1) is 0 Å². The summed E-state index contributed by atoms with van der Waals surface area (Å²) in [6.45, 7) is 5.34. The van der Waals surface area contributed by atoms with Gasteiger partial charge in [-0.2, -0.15) is 5.26 Å². The number of aliphatic hydroxyl groups is 1. The zero-order valence-electron chi connectivity index (χ0n) is 28.4. The summed E-state index contributed by atoms with van der Waals surface area (Å²) in [5, 5.41) is 21.4. The molecule has 1 saturated heterocycles. The van der Waals surface area contributed by atoms with Gasteiger partial charge in [0.1, 0.15) is 5.82 Å². The van der Waals surface area contributed by atoms with Crippen LogP contribution in [0.3, 0.4) is 0 Å². The number of rotatable bonds is 22. The van der Waals surface area contributed by atoms with Crippen LogP contribution in [-0.4, -0.2) is 43.9 Å². The molecule has 0 radical (unpaired) electrons. The predicted octanol–water partition coefficient (Wildman–Crippen LogP) is 9.92. The molecule has 6 heteroatoms. The number of halogens is 1. The Balaban J connectivity index is 1.44. The molecular formula is C39H59FN2O3. The van der Waals surface area contributed by atoms with Crippen LogP contribution in [0.25, 0.3) is 0 Å². The van der Waals surface area contributed by atoms with Gasteiger partial charge in [0.25, 0.3) is 0 Å². The molecule has 2 aromatic rings. The summed E-state index contributed by atoms with van der Waals surface area (Å²) in [7, 11) is 3.31. The van der Waals surface area contributed by atoms with Crippen LogP contribution in [0.15, 0.2) is 42.5 Å². The van der Waals surface area contributed by atoms with E-state index >= 15 is 0 Å². The normalized spacial score (nSPS) is 16.2. The molecule has 0 spiro atoms. The SMILES string of the molecule is CCCCCCCCCCCC(C#N)(CCCCCCN1CCC(C(O)c2ccc(F)cc2)CC1)c1ccc(OC)c(OC)c1. The molecule has 3 rings (SSSR count). The molecule has 45 heavy (non-hydrogen) atoms. The molecule has 5 nitrogen and oxygen atoms in total. The van der Waals surface area contributed by atoms with Crippen LogP contribution in [-0.2, 0) is 5.41 Å². The van der Waals surface area contributed by atoms with E-state index in [-0.39, 0.29) is 11.7 Å². The van der Waals surface area contributed by atoms with Crippen molar-refractivity contribution >= 4 is 0 Å². The van der Waals surface area contributed by atoms with Gasteiger partial charge in [-0.3, -0.25) is 0 Å². The lowest BCUT2D eigenvalue weighted by molar-refractivity contribution is 0.0583. The van der Waals surface area contributed by atoms with Crippen LogP contribution in [0.4, 0.5) is 4.39 Å². The number of unbranched alkanes of at least 4 members (excludes halogenated alkanes) is 11. The second-order valence-corrected chi connectivity index (χ2v) is 13.2. The highest BCUT2D eigenvalue weighted by Crippen LogP contribution is 2.40. The third-order valence-electron chi connectivity index (χ3n) is 9.98. The van der Waals surface area contributed by atoms with Crippen molar-refractivity contribution < 1.29 is 19.0 Å². The number of hydrogen-bond acceptors (Lipinski definition) is 5. The number of ether oxygens (including phenoxy) is 2. The maximum atomic E-state index is 13.3. The van der Waals surface area contributed by atoms with E-state index in [1.807, 2.05) is 12.1 Å². The minimum Gasteiger partial charge on any atom is -0.493 e. The molecule has 250 valence electrons. The molecule has 2 unspecified atom stereocenters. The number of nitrogens with zero attached hydrogens (tertiary/aromatic N) is 2. The van der Waals surface area contributed by atoms with Crippen molar-refractivity contribution in [3.8, 4) is 17.6 Å². The molecule has 0 amide bonds. The highest BCUT2D eigenvalue weighted by molar-refractivity contribution is 5.47. The molecule has 0 saturated carbocycles. The molecule has 1 aliphatic rings. The monoisotopic (exact) mass is 622 g/mol. The molecule has 1 heterocycles. The zero-order valence-corrected chi connectivity index (χ0v) is 28.4. The van der Waals surface area contributed by atoms with Crippen LogP contribution in [0.5, 0.6) is 11.5 Å². The van der Waals surface area contributed by atoms with Gasteiger partial charge in [-0.25, -0.2) is 4.39 Å². The Morgan fingerprint density at radius 2 is 1.38 bits per heavy atom. The average Bonchev–Trinajstić information content (AvgIpc) is 3.08. The fourth-order valence-electron chi connectivity index (χ4n) is 7.00. The van der Waals surface area contributed by atoms with Gasteiger partial charge in [0.15, 0.2) is 11.5 Å². The van der Waals surface area contributed by atoms with Gasteiger partial charge in [-0.1, -0.05) is 102 Å². The smallest absolute Gasteiger partial charge is 0.161 e. The van der Waals surface area contributed by atoms with Crippen LogP contribution in [0.1, 0.15) is 133 Å². The van der Waals surface area contributed by atoms with E-state index < -0.39 is 11.5 Å². The molecule has 2 atom stereocenters. The van der Waals surface area contributed by atoms with Gasteiger partial charge in [0.05, 0.1) is 31.8 Å². The predicted molar refractivity (Wildman–Crippen MR) is 182 cm³/mol. The topological polar surface area (TPSA) is 65.7 Å². The first-order valence-electron chi connectivity index (χ1n) is 17.8. The van der Waals surface area contributed by atoms with E-state index in [9.17, 15) is 14.8 Å². The summed E-state index contributed by atoms with van der Waals surface area (Å²) in [5.41, 5.74) is 1.36. The van der Waals surface area contributed by atoms with Crippen molar-refractivity contribution in [2.45, 2.75) is 128 Å².